The molecule has 3 aliphatic rings. The highest BCUT2D eigenvalue weighted by Gasteiger charge is 2.59. The van der Waals surface area contributed by atoms with Crippen LogP contribution in [0.15, 0.2) is 0 Å². The fourth-order valence-electron chi connectivity index (χ4n) is 3.22. The topological polar surface area (TPSA) is 63.4 Å². The normalized spacial score (nSPS) is 41.3. The molecule has 3 rings (SSSR count). The molecule has 2 unspecified atom stereocenters. The summed E-state index contributed by atoms with van der Waals surface area (Å²) < 4.78 is 26.2. The van der Waals surface area contributed by atoms with Gasteiger partial charge in [-0.15, -0.1) is 0 Å². The summed E-state index contributed by atoms with van der Waals surface area (Å²) in [7, 11) is -3.01. The van der Waals surface area contributed by atoms with Crippen molar-refractivity contribution in [2.75, 3.05) is 13.1 Å². The van der Waals surface area contributed by atoms with Crippen LogP contribution in [0.4, 0.5) is 0 Å². The first kappa shape index (κ1) is 10.1. The Bertz CT molecular complexity index is 373. The van der Waals surface area contributed by atoms with Crippen LogP contribution in [0.3, 0.4) is 0 Å². The second-order valence-corrected chi connectivity index (χ2v) is 7.29. The van der Waals surface area contributed by atoms with E-state index in [1.807, 2.05) is 0 Å². The molecule has 2 saturated carbocycles. The maximum Gasteiger partial charge on any atom is 0.217 e. The van der Waals surface area contributed by atoms with E-state index in [9.17, 15) is 8.42 Å². The molecule has 0 spiro atoms. The smallest absolute Gasteiger partial charge is 0.217 e. The van der Waals surface area contributed by atoms with Gasteiger partial charge < -0.3 is 5.73 Å². The van der Waals surface area contributed by atoms with Crippen LogP contribution in [0, 0.1) is 5.92 Å². The first-order valence-electron chi connectivity index (χ1n) is 5.83. The number of hydrogen-bond donors (Lipinski definition) is 1. The lowest BCUT2D eigenvalue weighted by atomic mass is 9.68. The second-order valence-electron chi connectivity index (χ2n) is 5.15. The van der Waals surface area contributed by atoms with Crippen LogP contribution in [0.5, 0.6) is 0 Å². The van der Waals surface area contributed by atoms with Crippen LogP contribution in [-0.2, 0) is 10.0 Å². The molecule has 1 heterocycles. The van der Waals surface area contributed by atoms with Gasteiger partial charge in [0.25, 0.3) is 0 Å². The summed E-state index contributed by atoms with van der Waals surface area (Å²) >= 11 is 0. The third-order valence-electron chi connectivity index (χ3n) is 4.47. The molecule has 0 aromatic carbocycles. The Morgan fingerprint density at radius 3 is 2.47 bits per heavy atom. The largest absolute Gasteiger partial charge is 0.329 e. The summed E-state index contributed by atoms with van der Waals surface area (Å²) in [5.41, 5.74) is 5.63. The lowest BCUT2D eigenvalue weighted by Gasteiger charge is -2.48. The molecule has 1 saturated heterocycles. The van der Waals surface area contributed by atoms with E-state index in [-0.39, 0.29) is 10.8 Å². The quantitative estimate of drug-likeness (QED) is 0.758. The van der Waals surface area contributed by atoms with Gasteiger partial charge in [-0.25, -0.2) is 8.42 Å². The molecular weight excluding hydrogens is 212 g/mol. The maximum absolute atomic E-state index is 12.2. The standard InChI is InChI=1S/C10H18N2O2S/c11-7-10-5-3-8(10)4-6-12(10)15(13,14)9-1-2-9/h8-9H,1-7,11H2. The summed E-state index contributed by atoms with van der Waals surface area (Å²) in [6.45, 7) is 1.21. The molecule has 0 radical (unpaired) electrons. The van der Waals surface area contributed by atoms with Gasteiger partial charge in [0.05, 0.1) is 10.8 Å². The lowest BCUT2D eigenvalue weighted by molar-refractivity contribution is 0.0824. The highest BCUT2D eigenvalue weighted by atomic mass is 32.2. The van der Waals surface area contributed by atoms with Crippen LogP contribution in [0.2, 0.25) is 0 Å². The number of nitrogens with two attached hydrogens (primary N) is 1. The summed E-state index contributed by atoms with van der Waals surface area (Å²) in [6, 6.07) is 0. The molecule has 2 N–H and O–H groups in total. The molecular formula is C10H18N2O2S. The van der Waals surface area contributed by atoms with Gasteiger partial charge in [-0.1, -0.05) is 0 Å². The van der Waals surface area contributed by atoms with E-state index < -0.39 is 10.0 Å². The van der Waals surface area contributed by atoms with Crippen molar-refractivity contribution >= 4 is 10.0 Å². The third-order valence-corrected chi connectivity index (χ3v) is 6.94. The minimum absolute atomic E-state index is 0.0831. The van der Waals surface area contributed by atoms with Crippen molar-refractivity contribution in [1.29, 1.82) is 0 Å². The average Bonchev–Trinajstić information content (AvgIpc) is 2.95. The fraction of sp³-hybridized carbons (Fsp3) is 1.00. The Labute approximate surface area is 90.9 Å². The van der Waals surface area contributed by atoms with Gasteiger partial charge in [0, 0.05) is 13.1 Å². The first-order valence-corrected chi connectivity index (χ1v) is 7.33. The number of rotatable bonds is 3. The fourth-order valence-corrected chi connectivity index (χ4v) is 5.49. The Balaban J connectivity index is 1.93. The zero-order valence-electron chi connectivity index (χ0n) is 8.85. The van der Waals surface area contributed by atoms with E-state index in [0.29, 0.717) is 19.0 Å². The molecule has 0 bridgehead atoms. The maximum atomic E-state index is 12.2. The van der Waals surface area contributed by atoms with Gasteiger partial charge in [0.1, 0.15) is 0 Å². The van der Waals surface area contributed by atoms with Crippen molar-refractivity contribution in [2.24, 2.45) is 11.7 Å². The van der Waals surface area contributed by atoms with Crippen LogP contribution in [0.25, 0.3) is 0 Å². The van der Waals surface area contributed by atoms with E-state index in [4.69, 9.17) is 5.73 Å². The molecule has 0 aromatic rings. The van der Waals surface area contributed by atoms with Gasteiger partial charge in [-0.3, -0.25) is 0 Å². The SMILES string of the molecule is NCC12CCC1CCN2S(=O)(=O)C1CC1. The Kier molecular flexibility index (Phi) is 1.98. The highest BCUT2D eigenvalue weighted by Crippen LogP contribution is 2.52. The minimum atomic E-state index is -3.01. The Hall–Kier alpha value is -0.130. The number of hydrogen-bond acceptors (Lipinski definition) is 3. The van der Waals surface area contributed by atoms with Gasteiger partial charge >= 0.3 is 0 Å². The van der Waals surface area contributed by atoms with Crippen molar-refractivity contribution < 1.29 is 8.42 Å². The molecule has 5 heteroatoms. The van der Waals surface area contributed by atoms with E-state index >= 15 is 0 Å². The summed E-state index contributed by atoms with van der Waals surface area (Å²) in [5.74, 6) is 0.538. The number of fused-ring (bicyclic) bond motifs is 1. The predicted octanol–water partition coefficient (Wildman–Crippen LogP) is 0.292. The molecule has 15 heavy (non-hydrogen) atoms. The summed E-state index contributed by atoms with van der Waals surface area (Å²) in [4.78, 5) is 0. The van der Waals surface area contributed by atoms with Crippen LogP contribution in [0.1, 0.15) is 32.1 Å². The monoisotopic (exact) mass is 230 g/mol. The van der Waals surface area contributed by atoms with Gasteiger partial charge in [0.15, 0.2) is 0 Å². The van der Waals surface area contributed by atoms with Crippen molar-refractivity contribution in [2.45, 2.75) is 42.9 Å². The highest BCUT2D eigenvalue weighted by molar-refractivity contribution is 7.90. The minimum Gasteiger partial charge on any atom is -0.329 e. The summed E-state index contributed by atoms with van der Waals surface area (Å²) in [6.07, 6.45) is 4.85. The predicted molar refractivity (Wildman–Crippen MR) is 57.8 cm³/mol. The molecule has 0 aromatic heterocycles. The molecule has 3 fully saturated rings. The average molecular weight is 230 g/mol. The van der Waals surface area contributed by atoms with E-state index in [1.54, 1.807) is 4.31 Å². The number of sulfonamides is 1. The van der Waals surface area contributed by atoms with E-state index in [1.165, 1.54) is 0 Å². The van der Waals surface area contributed by atoms with Crippen molar-refractivity contribution in [3.8, 4) is 0 Å². The van der Waals surface area contributed by atoms with Crippen molar-refractivity contribution in [3.05, 3.63) is 0 Å². The second kappa shape index (κ2) is 2.96. The first-order chi connectivity index (χ1) is 7.11. The molecule has 2 aliphatic carbocycles. The van der Waals surface area contributed by atoms with Crippen LogP contribution < -0.4 is 5.73 Å². The molecule has 0 amide bonds. The van der Waals surface area contributed by atoms with Gasteiger partial charge in [0.2, 0.25) is 10.0 Å². The third kappa shape index (κ3) is 1.17. The zero-order chi connectivity index (χ0) is 10.7. The van der Waals surface area contributed by atoms with Gasteiger partial charge in [-0.05, 0) is 38.0 Å². The molecule has 1 aliphatic heterocycles. The van der Waals surface area contributed by atoms with Crippen LogP contribution >= 0.6 is 0 Å². The number of nitrogens with zero attached hydrogens (tertiary/aromatic N) is 1. The Morgan fingerprint density at radius 2 is 2.00 bits per heavy atom. The molecule has 4 nitrogen and oxygen atoms in total. The van der Waals surface area contributed by atoms with E-state index in [2.05, 4.69) is 0 Å². The molecule has 2 atom stereocenters. The summed E-state index contributed by atoms with van der Waals surface area (Å²) in [5, 5.41) is -0.0831. The van der Waals surface area contributed by atoms with Crippen molar-refractivity contribution in [3.63, 3.8) is 0 Å². The van der Waals surface area contributed by atoms with Crippen LogP contribution in [-0.4, -0.2) is 36.6 Å². The van der Waals surface area contributed by atoms with Gasteiger partial charge in [-0.2, -0.15) is 4.31 Å². The van der Waals surface area contributed by atoms with E-state index in [0.717, 1.165) is 32.1 Å². The zero-order valence-corrected chi connectivity index (χ0v) is 9.67. The Morgan fingerprint density at radius 1 is 1.27 bits per heavy atom. The van der Waals surface area contributed by atoms with Crippen molar-refractivity contribution in [1.82, 2.24) is 4.31 Å². The molecule has 86 valence electrons. The lowest BCUT2D eigenvalue weighted by Crippen LogP contribution is -2.61.